The van der Waals surface area contributed by atoms with Crippen LogP contribution < -0.4 is 10.1 Å². The van der Waals surface area contributed by atoms with E-state index in [0.717, 1.165) is 47.7 Å². The van der Waals surface area contributed by atoms with E-state index in [4.69, 9.17) is 4.74 Å². The van der Waals surface area contributed by atoms with Gasteiger partial charge < -0.3 is 15.0 Å². The summed E-state index contributed by atoms with van der Waals surface area (Å²) in [7, 11) is 1.64. The maximum atomic E-state index is 11.9. The molecular weight excluding hydrogens is 274 g/mol. The minimum Gasteiger partial charge on any atom is -0.497 e. The molecule has 20 heavy (non-hydrogen) atoms. The molecule has 106 valence electrons. The molecule has 0 unspecified atom stereocenters. The molecule has 6 heteroatoms. The molecule has 0 radical (unpaired) electrons. The minimum atomic E-state index is -0.0556. The van der Waals surface area contributed by atoms with Gasteiger partial charge in [0.05, 0.1) is 23.4 Å². The van der Waals surface area contributed by atoms with Crippen LogP contribution in [0.3, 0.4) is 0 Å². The summed E-state index contributed by atoms with van der Waals surface area (Å²) in [4.78, 5) is 19.7. The Morgan fingerprint density at radius 3 is 3.15 bits per heavy atom. The smallest absolute Gasteiger partial charge is 0.233 e. The lowest BCUT2D eigenvalue weighted by Gasteiger charge is -2.10. The van der Waals surface area contributed by atoms with Crippen LogP contribution >= 0.6 is 11.8 Å². The lowest BCUT2D eigenvalue weighted by atomic mass is 10.2. The Labute approximate surface area is 121 Å². The summed E-state index contributed by atoms with van der Waals surface area (Å²) in [6, 6.07) is 5.72. The lowest BCUT2D eigenvalue weighted by Crippen LogP contribution is -2.30. The predicted octanol–water partition coefficient (Wildman–Crippen LogP) is 2.33. The van der Waals surface area contributed by atoms with Gasteiger partial charge in [-0.25, -0.2) is 4.98 Å². The number of carbonyl (C=O) groups is 1. The fraction of sp³-hybridized carbons (Fsp3) is 0.429. The fourth-order valence-corrected chi connectivity index (χ4v) is 3.37. The Bertz CT molecular complexity index is 626. The number of thioether (sulfide) groups is 1. The second kappa shape index (κ2) is 5.75. The molecule has 1 amide bonds. The summed E-state index contributed by atoms with van der Waals surface area (Å²) in [6.45, 7) is 0.785. The molecule has 0 bridgehead atoms. The van der Waals surface area contributed by atoms with Gasteiger partial charge in [0.25, 0.3) is 0 Å². The number of carbonyl (C=O) groups excluding carboxylic acids is 1. The van der Waals surface area contributed by atoms with Gasteiger partial charge in [0.15, 0.2) is 5.16 Å². The van der Waals surface area contributed by atoms with Crippen molar-refractivity contribution in [3.8, 4) is 5.75 Å². The zero-order valence-corrected chi connectivity index (χ0v) is 12.1. The number of hydrogen-bond acceptors (Lipinski definition) is 4. The molecule has 1 saturated heterocycles. The molecule has 1 aromatic carbocycles. The van der Waals surface area contributed by atoms with E-state index in [0.29, 0.717) is 0 Å². The van der Waals surface area contributed by atoms with Crippen molar-refractivity contribution in [1.29, 1.82) is 0 Å². The van der Waals surface area contributed by atoms with E-state index in [1.807, 2.05) is 18.2 Å². The Kier molecular flexibility index (Phi) is 3.82. The summed E-state index contributed by atoms with van der Waals surface area (Å²) < 4.78 is 5.20. The Morgan fingerprint density at radius 1 is 1.40 bits per heavy atom. The van der Waals surface area contributed by atoms with Gasteiger partial charge in [-0.2, -0.15) is 0 Å². The van der Waals surface area contributed by atoms with Crippen LogP contribution in [0.1, 0.15) is 19.3 Å². The molecule has 2 heterocycles. The molecule has 2 aromatic rings. The van der Waals surface area contributed by atoms with Gasteiger partial charge in [-0.05, 0) is 25.0 Å². The molecule has 1 atom stereocenters. The van der Waals surface area contributed by atoms with Crippen molar-refractivity contribution < 1.29 is 9.53 Å². The number of rotatable bonds is 3. The number of H-pyrrole nitrogens is 1. The third-order valence-electron chi connectivity index (χ3n) is 3.41. The van der Waals surface area contributed by atoms with Crippen molar-refractivity contribution in [2.45, 2.75) is 29.7 Å². The van der Waals surface area contributed by atoms with Crippen molar-refractivity contribution >= 4 is 28.7 Å². The average molecular weight is 291 g/mol. The Hall–Kier alpha value is -1.69. The zero-order valence-electron chi connectivity index (χ0n) is 11.3. The van der Waals surface area contributed by atoms with E-state index < -0.39 is 0 Å². The first-order chi connectivity index (χ1) is 9.76. The highest BCUT2D eigenvalue weighted by Crippen LogP contribution is 2.28. The molecule has 0 saturated carbocycles. The van der Waals surface area contributed by atoms with Crippen LogP contribution in [0.4, 0.5) is 0 Å². The predicted molar refractivity (Wildman–Crippen MR) is 79.2 cm³/mol. The molecule has 3 rings (SSSR count). The van der Waals surface area contributed by atoms with Gasteiger partial charge in [0.1, 0.15) is 5.75 Å². The van der Waals surface area contributed by atoms with E-state index in [2.05, 4.69) is 15.3 Å². The Balaban J connectivity index is 1.81. The maximum absolute atomic E-state index is 11.9. The molecule has 2 N–H and O–H groups in total. The van der Waals surface area contributed by atoms with Crippen LogP contribution in [0.2, 0.25) is 0 Å². The number of nitrogens with one attached hydrogen (secondary N) is 2. The van der Waals surface area contributed by atoms with Crippen LogP contribution in [0.25, 0.3) is 11.0 Å². The van der Waals surface area contributed by atoms with Gasteiger partial charge in [0, 0.05) is 12.6 Å². The molecule has 0 aliphatic carbocycles. The number of fused-ring (bicyclic) bond motifs is 1. The summed E-state index contributed by atoms with van der Waals surface area (Å²) in [5, 5.41) is 3.68. The van der Waals surface area contributed by atoms with E-state index >= 15 is 0 Å². The Morgan fingerprint density at radius 2 is 2.30 bits per heavy atom. The second-order valence-electron chi connectivity index (χ2n) is 4.82. The highest BCUT2D eigenvalue weighted by Gasteiger charge is 2.23. The molecule has 0 spiro atoms. The van der Waals surface area contributed by atoms with Gasteiger partial charge in [-0.15, -0.1) is 0 Å². The quantitative estimate of drug-likeness (QED) is 0.911. The molecule has 1 aromatic heterocycles. The number of aromatic amines is 1. The number of nitrogens with zero attached hydrogens (tertiary/aromatic N) is 1. The number of imidazole rings is 1. The largest absolute Gasteiger partial charge is 0.497 e. The number of methoxy groups -OCH3 is 1. The number of ether oxygens (including phenoxy) is 1. The average Bonchev–Trinajstić information content (AvgIpc) is 2.75. The monoisotopic (exact) mass is 291 g/mol. The van der Waals surface area contributed by atoms with Gasteiger partial charge >= 0.3 is 0 Å². The summed E-state index contributed by atoms with van der Waals surface area (Å²) >= 11 is 1.51. The van der Waals surface area contributed by atoms with E-state index in [-0.39, 0.29) is 11.2 Å². The minimum absolute atomic E-state index is 0.0556. The van der Waals surface area contributed by atoms with Crippen LogP contribution in [0.15, 0.2) is 23.4 Å². The van der Waals surface area contributed by atoms with Crippen molar-refractivity contribution in [2.24, 2.45) is 0 Å². The van der Waals surface area contributed by atoms with Gasteiger partial charge in [-0.3, -0.25) is 4.79 Å². The highest BCUT2D eigenvalue weighted by atomic mass is 32.2. The second-order valence-corrected chi connectivity index (χ2v) is 6.01. The molecular formula is C14H17N3O2S. The molecule has 5 nitrogen and oxygen atoms in total. The van der Waals surface area contributed by atoms with Crippen LogP contribution in [-0.2, 0) is 4.79 Å². The third-order valence-corrected chi connectivity index (χ3v) is 4.56. The summed E-state index contributed by atoms with van der Waals surface area (Å²) in [5.74, 6) is 0.912. The van der Waals surface area contributed by atoms with Crippen LogP contribution in [0, 0.1) is 0 Å². The van der Waals surface area contributed by atoms with E-state index in [1.54, 1.807) is 7.11 Å². The topological polar surface area (TPSA) is 67.0 Å². The van der Waals surface area contributed by atoms with Crippen molar-refractivity contribution in [1.82, 2.24) is 15.3 Å². The fourth-order valence-electron chi connectivity index (χ4n) is 2.31. The zero-order chi connectivity index (χ0) is 13.9. The first-order valence-electron chi connectivity index (χ1n) is 6.74. The van der Waals surface area contributed by atoms with Crippen LogP contribution in [-0.4, -0.2) is 34.8 Å². The van der Waals surface area contributed by atoms with Crippen molar-refractivity contribution in [2.75, 3.05) is 13.7 Å². The molecule has 1 aliphatic rings. The van der Waals surface area contributed by atoms with Crippen molar-refractivity contribution in [3.05, 3.63) is 18.2 Å². The number of hydrogen-bond donors (Lipinski definition) is 2. The first-order valence-corrected chi connectivity index (χ1v) is 7.62. The molecule has 1 fully saturated rings. The lowest BCUT2D eigenvalue weighted by molar-refractivity contribution is -0.120. The molecule has 1 aliphatic heterocycles. The highest BCUT2D eigenvalue weighted by molar-refractivity contribution is 8.00. The summed E-state index contributed by atoms with van der Waals surface area (Å²) in [5.41, 5.74) is 1.82. The number of benzene rings is 1. The standard InChI is InChI=1S/C14H17N3O2S/c1-19-9-5-6-10-11(8-9)17-14(16-10)20-12-4-2-3-7-15-13(12)18/h5-6,8,12H,2-4,7H2,1H3,(H,15,18)(H,16,17)/t12-/m0/s1. The van der Waals surface area contributed by atoms with Gasteiger partial charge in [0.2, 0.25) is 5.91 Å². The number of aromatic nitrogens is 2. The van der Waals surface area contributed by atoms with E-state index in [9.17, 15) is 4.79 Å². The van der Waals surface area contributed by atoms with Crippen LogP contribution in [0.5, 0.6) is 5.75 Å². The first kappa shape index (κ1) is 13.3. The maximum Gasteiger partial charge on any atom is 0.233 e. The van der Waals surface area contributed by atoms with Crippen molar-refractivity contribution in [3.63, 3.8) is 0 Å². The third kappa shape index (κ3) is 2.75. The SMILES string of the molecule is COc1ccc2nc(S[C@H]3CCCCNC3=O)[nH]c2c1. The number of amides is 1. The van der Waals surface area contributed by atoms with Gasteiger partial charge in [-0.1, -0.05) is 18.2 Å². The van der Waals surface area contributed by atoms with E-state index in [1.165, 1.54) is 11.8 Å². The summed E-state index contributed by atoms with van der Waals surface area (Å²) in [6.07, 6.45) is 3.03. The normalized spacial score (nSPS) is 19.6.